The standard InChI is InChI=1S/C10H21N3O2S/c14-16(15)9-12-5-7-13(8-6-12)10-1-3-11-4-2-10/h10-11,16H,1-9H2. The summed E-state index contributed by atoms with van der Waals surface area (Å²) in [4.78, 5) is 4.55. The van der Waals surface area contributed by atoms with Crippen LogP contribution in [0.4, 0.5) is 0 Å². The van der Waals surface area contributed by atoms with Crippen LogP contribution in [0.2, 0.25) is 0 Å². The minimum Gasteiger partial charge on any atom is -0.317 e. The van der Waals surface area contributed by atoms with Crippen molar-refractivity contribution in [1.82, 2.24) is 15.1 Å². The molecule has 0 aromatic heterocycles. The van der Waals surface area contributed by atoms with Crippen LogP contribution in [0.5, 0.6) is 0 Å². The first-order valence-electron chi connectivity index (χ1n) is 6.04. The smallest absolute Gasteiger partial charge is 0.153 e. The molecule has 0 radical (unpaired) electrons. The van der Waals surface area contributed by atoms with Gasteiger partial charge in [0, 0.05) is 32.2 Å². The number of rotatable bonds is 3. The summed E-state index contributed by atoms with van der Waals surface area (Å²) < 4.78 is 21.2. The monoisotopic (exact) mass is 247 g/mol. The number of nitrogens with zero attached hydrogens (tertiary/aromatic N) is 2. The Morgan fingerprint density at radius 1 is 1.06 bits per heavy atom. The molecule has 2 aliphatic heterocycles. The zero-order valence-corrected chi connectivity index (χ0v) is 10.5. The largest absolute Gasteiger partial charge is 0.317 e. The fourth-order valence-corrected chi connectivity index (χ4v) is 3.21. The van der Waals surface area contributed by atoms with Crippen LogP contribution in [0, 0.1) is 0 Å². The van der Waals surface area contributed by atoms with Crippen molar-refractivity contribution in [3.8, 4) is 0 Å². The molecule has 94 valence electrons. The van der Waals surface area contributed by atoms with E-state index in [1.807, 2.05) is 4.90 Å². The highest BCUT2D eigenvalue weighted by atomic mass is 32.2. The predicted molar refractivity (Wildman–Crippen MR) is 64.2 cm³/mol. The Balaban J connectivity index is 1.75. The number of nitrogens with one attached hydrogen (secondary N) is 1. The quantitative estimate of drug-likeness (QED) is 0.622. The third kappa shape index (κ3) is 3.41. The van der Waals surface area contributed by atoms with Gasteiger partial charge in [0.2, 0.25) is 0 Å². The highest BCUT2D eigenvalue weighted by molar-refractivity contribution is 7.72. The number of hydrogen-bond acceptors (Lipinski definition) is 5. The van der Waals surface area contributed by atoms with E-state index in [9.17, 15) is 8.42 Å². The minimum absolute atomic E-state index is 0.232. The lowest BCUT2D eigenvalue weighted by molar-refractivity contribution is 0.0912. The molecule has 2 saturated heterocycles. The average Bonchev–Trinajstić information content (AvgIpc) is 2.30. The molecule has 0 amide bonds. The Labute approximate surface area is 98.7 Å². The van der Waals surface area contributed by atoms with Crippen molar-refractivity contribution in [2.45, 2.75) is 18.9 Å². The minimum atomic E-state index is -2.25. The maximum absolute atomic E-state index is 10.6. The summed E-state index contributed by atoms with van der Waals surface area (Å²) in [5.74, 6) is 0.232. The fraction of sp³-hybridized carbons (Fsp3) is 1.00. The van der Waals surface area contributed by atoms with Crippen LogP contribution in [-0.2, 0) is 10.7 Å². The van der Waals surface area contributed by atoms with E-state index in [0.29, 0.717) is 6.04 Å². The van der Waals surface area contributed by atoms with E-state index in [0.717, 1.165) is 39.3 Å². The normalized spacial score (nSPS) is 26.3. The zero-order chi connectivity index (χ0) is 11.4. The maximum atomic E-state index is 10.6. The summed E-state index contributed by atoms with van der Waals surface area (Å²) >= 11 is 0. The fourth-order valence-electron chi connectivity index (χ4n) is 2.61. The van der Waals surface area contributed by atoms with E-state index in [1.165, 1.54) is 12.8 Å². The second-order valence-corrected chi connectivity index (χ2v) is 5.56. The maximum Gasteiger partial charge on any atom is 0.153 e. The Bertz CT molecular complexity index is 274. The van der Waals surface area contributed by atoms with E-state index in [4.69, 9.17) is 0 Å². The molecule has 0 saturated carbocycles. The van der Waals surface area contributed by atoms with Crippen molar-refractivity contribution >= 4 is 10.7 Å². The lowest BCUT2D eigenvalue weighted by Gasteiger charge is -2.40. The van der Waals surface area contributed by atoms with Gasteiger partial charge in [-0.25, -0.2) is 8.42 Å². The van der Waals surface area contributed by atoms with Crippen molar-refractivity contribution < 1.29 is 8.42 Å². The van der Waals surface area contributed by atoms with Crippen molar-refractivity contribution in [3.63, 3.8) is 0 Å². The average molecular weight is 247 g/mol. The van der Waals surface area contributed by atoms with Crippen LogP contribution in [0.25, 0.3) is 0 Å². The topological polar surface area (TPSA) is 52.7 Å². The summed E-state index contributed by atoms with van der Waals surface area (Å²) in [6.45, 7) is 6.08. The molecule has 2 fully saturated rings. The summed E-state index contributed by atoms with van der Waals surface area (Å²) in [6.07, 6.45) is 2.46. The van der Waals surface area contributed by atoms with Crippen LogP contribution in [0.15, 0.2) is 0 Å². The first-order chi connectivity index (χ1) is 7.75. The van der Waals surface area contributed by atoms with E-state index in [1.54, 1.807) is 0 Å². The molecule has 6 heteroatoms. The zero-order valence-electron chi connectivity index (χ0n) is 9.60. The van der Waals surface area contributed by atoms with Crippen LogP contribution in [-0.4, -0.2) is 69.4 Å². The Morgan fingerprint density at radius 3 is 2.25 bits per heavy atom. The molecule has 2 rings (SSSR count). The van der Waals surface area contributed by atoms with E-state index < -0.39 is 10.7 Å². The lowest BCUT2D eigenvalue weighted by atomic mass is 10.0. The second kappa shape index (κ2) is 5.95. The molecule has 0 unspecified atom stereocenters. The second-order valence-electron chi connectivity index (χ2n) is 4.61. The van der Waals surface area contributed by atoms with Gasteiger partial charge >= 0.3 is 0 Å². The molecule has 0 spiro atoms. The van der Waals surface area contributed by atoms with Gasteiger partial charge in [0.15, 0.2) is 10.7 Å². The molecule has 1 N–H and O–H groups in total. The van der Waals surface area contributed by atoms with Gasteiger partial charge in [-0.1, -0.05) is 0 Å². The van der Waals surface area contributed by atoms with E-state index in [-0.39, 0.29) is 5.88 Å². The van der Waals surface area contributed by atoms with Gasteiger partial charge < -0.3 is 5.32 Å². The summed E-state index contributed by atoms with van der Waals surface area (Å²) in [5.41, 5.74) is 0. The van der Waals surface area contributed by atoms with Gasteiger partial charge in [-0.3, -0.25) is 9.80 Å². The Hall–Kier alpha value is -0.170. The first kappa shape index (κ1) is 12.3. The van der Waals surface area contributed by atoms with E-state index in [2.05, 4.69) is 10.2 Å². The van der Waals surface area contributed by atoms with Gasteiger partial charge in [0.1, 0.15) is 0 Å². The van der Waals surface area contributed by atoms with Gasteiger partial charge in [-0.15, -0.1) is 0 Å². The van der Waals surface area contributed by atoms with Gasteiger partial charge in [-0.2, -0.15) is 0 Å². The first-order valence-corrected chi connectivity index (χ1v) is 7.41. The van der Waals surface area contributed by atoms with Crippen LogP contribution < -0.4 is 5.32 Å². The van der Waals surface area contributed by atoms with Gasteiger partial charge in [0.25, 0.3) is 0 Å². The van der Waals surface area contributed by atoms with Crippen molar-refractivity contribution in [1.29, 1.82) is 0 Å². The number of thiol groups is 1. The summed E-state index contributed by atoms with van der Waals surface area (Å²) in [5, 5.41) is 3.37. The molecular weight excluding hydrogens is 226 g/mol. The molecular formula is C10H21N3O2S. The van der Waals surface area contributed by atoms with Crippen molar-refractivity contribution in [2.75, 3.05) is 45.1 Å². The molecule has 16 heavy (non-hydrogen) atoms. The van der Waals surface area contributed by atoms with Gasteiger partial charge in [-0.05, 0) is 25.9 Å². The van der Waals surface area contributed by atoms with Crippen LogP contribution in [0.1, 0.15) is 12.8 Å². The molecule has 0 aromatic rings. The van der Waals surface area contributed by atoms with Gasteiger partial charge in [0.05, 0.1) is 5.88 Å². The molecule has 0 aliphatic carbocycles. The highest BCUT2D eigenvalue weighted by Gasteiger charge is 2.24. The van der Waals surface area contributed by atoms with Crippen molar-refractivity contribution in [2.24, 2.45) is 0 Å². The number of hydrogen-bond donors (Lipinski definition) is 2. The van der Waals surface area contributed by atoms with E-state index >= 15 is 0 Å². The molecule has 5 nitrogen and oxygen atoms in total. The SMILES string of the molecule is O=[SH](=O)CN1CCN(C2CCNCC2)CC1. The lowest BCUT2D eigenvalue weighted by Crippen LogP contribution is -2.52. The Morgan fingerprint density at radius 2 is 1.69 bits per heavy atom. The molecule has 2 heterocycles. The third-order valence-electron chi connectivity index (χ3n) is 3.55. The molecule has 2 aliphatic rings. The Kier molecular flexibility index (Phi) is 4.57. The summed E-state index contributed by atoms with van der Waals surface area (Å²) in [7, 11) is -2.25. The summed E-state index contributed by atoms with van der Waals surface area (Å²) in [6, 6.07) is 0.712. The number of piperazine rings is 1. The highest BCUT2D eigenvalue weighted by Crippen LogP contribution is 2.14. The van der Waals surface area contributed by atoms with Crippen LogP contribution >= 0.6 is 0 Å². The predicted octanol–water partition coefficient (Wildman–Crippen LogP) is -1.08. The molecule has 0 atom stereocenters. The van der Waals surface area contributed by atoms with Crippen molar-refractivity contribution in [3.05, 3.63) is 0 Å². The third-order valence-corrected chi connectivity index (χ3v) is 4.18. The van der Waals surface area contributed by atoms with Crippen LogP contribution in [0.3, 0.4) is 0 Å². The molecule has 0 bridgehead atoms. The molecule has 0 aromatic carbocycles. The number of piperidine rings is 1.